The van der Waals surface area contributed by atoms with Gasteiger partial charge in [0, 0.05) is 39.0 Å². The van der Waals surface area contributed by atoms with Crippen molar-refractivity contribution >= 4 is 26.9 Å². The van der Waals surface area contributed by atoms with Gasteiger partial charge in [-0.15, -0.1) is 0 Å². The number of H-pyrrole nitrogens is 1. The SMILES string of the molecule is CCOCC1(F)CCN(S(=O)(=O)CC2CC(N(C)c3ncnc4[nH]ccc34)C2)CC1. The molecule has 0 amide bonds. The number of nitrogens with one attached hydrogen (secondary N) is 1. The van der Waals surface area contributed by atoms with E-state index in [1.54, 1.807) is 0 Å². The van der Waals surface area contributed by atoms with Crippen molar-refractivity contribution in [3.63, 3.8) is 0 Å². The van der Waals surface area contributed by atoms with Crippen LogP contribution in [0.3, 0.4) is 0 Å². The summed E-state index contributed by atoms with van der Waals surface area (Å²) in [7, 11) is -1.38. The molecule has 0 unspecified atom stereocenters. The molecule has 1 aliphatic heterocycles. The largest absolute Gasteiger partial charge is 0.378 e. The number of aromatic nitrogens is 3. The summed E-state index contributed by atoms with van der Waals surface area (Å²) in [6.45, 7) is 2.81. The third-order valence-corrected chi connectivity index (χ3v) is 8.49. The minimum absolute atomic E-state index is 0.0471. The number of hydrogen-bond donors (Lipinski definition) is 1. The van der Waals surface area contributed by atoms with Crippen molar-refractivity contribution in [1.29, 1.82) is 0 Å². The Bertz CT molecular complexity index is 968. The van der Waals surface area contributed by atoms with Crippen LogP contribution < -0.4 is 4.90 Å². The van der Waals surface area contributed by atoms with Gasteiger partial charge in [0.15, 0.2) is 0 Å². The molecule has 0 atom stereocenters. The Morgan fingerprint density at radius 2 is 2.07 bits per heavy atom. The molecule has 1 aliphatic carbocycles. The second-order valence-corrected chi connectivity index (χ2v) is 10.5. The molecule has 0 spiro atoms. The molecule has 2 aromatic rings. The van der Waals surface area contributed by atoms with Gasteiger partial charge in [0.25, 0.3) is 0 Å². The zero-order valence-electron chi connectivity index (χ0n) is 17.6. The number of alkyl halides is 1. The Balaban J connectivity index is 1.30. The molecule has 1 saturated carbocycles. The maximum absolute atomic E-state index is 14.7. The number of fused-ring (bicyclic) bond motifs is 1. The average Bonchev–Trinajstić information content (AvgIpc) is 3.17. The summed E-state index contributed by atoms with van der Waals surface area (Å²) in [5, 5.41) is 0.964. The average molecular weight is 440 g/mol. The van der Waals surface area contributed by atoms with Gasteiger partial charge < -0.3 is 14.6 Å². The number of aromatic amines is 1. The van der Waals surface area contributed by atoms with Crippen LogP contribution in [0.2, 0.25) is 0 Å². The highest BCUT2D eigenvalue weighted by Crippen LogP contribution is 2.37. The molecule has 30 heavy (non-hydrogen) atoms. The number of hydrogen-bond acceptors (Lipinski definition) is 6. The lowest BCUT2D eigenvalue weighted by Gasteiger charge is -2.43. The fourth-order valence-electron chi connectivity index (χ4n) is 4.46. The van der Waals surface area contributed by atoms with E-state index in [0.717, 1.165) is 29.7 Å². The van der Waals surface area contributed by atoms with Crippen LogP contribution in [0.1, 0.15) is 32.6 Å². The zero-order chi connectivity index (χ0) is 21.4. The molecule has 0 bridgehead atoms. The summed E-state index contributed by atoms with van der Waals surface area (Å²) >= 11 is 0. The third kappa shape index (κ3) is 4.31. The van der Waals surface area contributed by atoms with Crippen molar-refractivity contribution in [2.75, 3.05) is 44.0 Å². The first-order valence-electron chi connectivity index (χ1n) is 10.6. The van der Waals surface area contributed by atoms with Crippen LogP contribution in [0.15, 0.2) is 18.6 Å². The quantitative estimate of drug-likeness (QED) is 0.679. The van der Waals surface area contributed by atoms with Gasteiger partial charge in [0.1, 0.15) is 23.5 Å². The fourth-order valence-corrected chi connectivity index (χ4v) is 6.28. The molecule has 8 nitrogen and oxygen atoms in total. The number of nitrogens with zero attached hydrogens (tertiary/aromatic N) is 4. The normalized spacial score (nSPS) is 24.6. The van der Waals surface area contributed by atoms with Gasteiger partial charge in [-0.3, -0.25) is 0 Å². The number of rotatable bonds is 8. The molecule has 2 aromatic heterocycles. The van der Waals surface area contributed by atoms with E-state index in [9.17, 15) is 12.8 Å². The molecular weight excluding hydrogens is 409 g/mol. The summed E-state index contributed by atoms with van der Waals surface area (Å²) in [4.78, 5) is 13.8. The van der Waals surface area contributed by atoms with Crippen molar-refractivity contribution in [3.05, 3.63) is 18.6 Å². The number of sulfonamides is 1. The fraction of sp³-hybridized carbons (Fsp3) is 0.700. The van der Waals surface area contributed by atoms with Gasteiger partial charge in [-0.05, 0) is 44.6 Å². The van der Waals surface area contributed by atoms with E-state index in [4.69, 9.17) is 4.74 Å². The highest BCUT2D eigenvalue weighted by molar-refractivity contribution is 7.89. The van der Waals surface area contributed by atoms with E-state index < -0.39 is 15.7 Å². The Kier molecular flexibility index (Phi) is 6.00. The van der Waals surface area contributed by atoms with Crippen LogP contribution in [0.25, 0.3) is 11.0 Å². The molecule has 1 N–H and O–H groups in total. The summed E-state index contributed by atoms with van der Waals surface area (Å²) in [5.74, 6) is 1.11. The second-order valence-electron chi connectivity index (χ2n) is 8.51. The standard InChI is InChI=1S/C20H30FN5O3S/c1-3-29-13-20(21)5-8-26(9-6-20)30(27,28)12-15-10-16(11-15)25(2)19-17-4-7-22-18(17)23-14-24-19/h4,7,14-16H,3,5-6,8-13H2,1-2H3,(H,22,23,24). The molecule has 3 heterocycles. The molecule has 2 aliphatic rings. The lowest BCUT2D eigenvalue weighted by atomic mass is 9.81. The van der Waals surface area contributed by atoms with Gasteiger partial charge in [-0.2, -0.15) is 0 Å². The van der Waals surface area contributed by atoms with Crippen LogP contribution in [0, 0.1) is 5.92 Å². The molecule has 166 valence electrons. The highest BCUT2D eigenvalue weighted by Gasteiger charge is 2.41. The van der Waals surface area contributed by atoms with Crippen LogP contribution in [0.4, 0.5) is 10.2 Å². The summed E-state index contributed by atoms with van der Waals surface area (Å²) in [6, 6.07) is 2.21. The maximum atomic E-state index is 14.7. The summed E-state index contributed by atoms with van der Waals surface area (Å²) in [6.07, 6.45) is 5.38. The Hall–Kier alpha value is -1.78. The first kappa shape index (κ1) is 21.5. The van der Waals surface area contributed by atoms with Crippen molar-refractivity contribution in [2.45, 2.75) is 44.3 Å². The van der Waals surface area contributed by atoms with E-state index >= 15 is 0 Å². The summed E-state index contributed by atoms with van der Waals surface area (Å²) in [5.41, 5.74) is -0.614. The molecular formula is C20H30FN5O3S. The first-order chi connectivity index (χ1) is 14.3. The van der Waals surface area contributed by atoms with Crippen LogP contribution in [0.5, 0.6) is 0 Å². The lowest BCUT2D eigenvalue weighted by molar-refractivity contribution is -0.00985. The second kappa shape index (κ2) is 8.39. The van der Waals surface area contributed by atoms with Crippen molar-refractivity contribution in [1.82, 2.24) is 19.3 Å². The minimum atomic E-state index is -3.38. The van der Waals surface area contributed by atoms with E-state index in [-0.39, 0.29) is 50.3 Å². The predicted molar refractivity (Wildman–Crippen MR) is 114 cm³/mol. The molecule has 1 saturated heterocycles. The predicted octanol–water partition coefficient (Wildman–Crippen LogP) is 2.34. The lowest BCUT2D eigenvalue weighted by Crippen LogP contribution is -2.50. The Labute approximate surface area is 176 Å². The topological polar surface area (TPSA) is 91.4 Å². The molecule has 2 fully saturated rings. The van der Waals surface area contributed by atoms with Gasteiger partial charge in [-0.25, -0.2) is 27.1 Å². The Morgan fingerprint density at radius 3 is 2.77 bits per heavy atom. The number of anilines is 1. The zero-order valence-corrected chi connectivity index (χ0v) is 18.4. The van der Waals surface area contributed by atoms with E-state index in [2.05, 4.69) is 19.9 Å². The molecule has 10 heteroatoms. The molecule has 0 radical (unpaired) electrons. The molecule has 4 rings (SSSR count). The van der Waals surface area contributed by atoms with E-state index in [1.807, 2.05) is 26.2 Å². The smallest absolute Gasteiger partial charge is 0.214 e. The summed E-state index contributed by atoms with van der Waals surface area (Å²) < 4.78 is 47.0. The van der Waals surface area contributed by atoms with Gasteiger partial charge in [-0.1, -0.05) is 0 Å². The van der Waals surface area contributed by atoms with Crippen LogP contribution >= 0.6 is 0 Å². The number of piperidine rings is 1. The van der Waals surface area contributed by atoms with Crippen molar-refractivity contribution in [2.24, 2.45) is 5.92 Å². The van der Waals surface area contributed by atoms with Gasteiger partial charge in [0.2, 0.25) is 10.0 Å². The Morgan fingerprint density at radius 1 is 1.33 bits per heavy atom. The highest BCUT2D eigenvalue weighted by atomic mass is 32.2. The van der Waals surface area contributed by atoms with Gasteiger partial charge >= 0.3 is 0 Å². The number of halogens is 1. The monoisotopic (exact) mass is 439 g/mol. The first-order valence-corrected chi connectivity index (χ1v) is 12.2. The third-order valence-electron chi connectivity index (χ3n) is 6.45. The van der Waals surface area contributed by atoms with Crippen molar-refractivity contribution < 1.29 is 17.5 Å². The number of ether oxygens (including phenoxy) is 1. The maximum Gasteiger partial charge on any atom is 0.214 e. The van der Waals surface area contributed by atoms with Crippen LogP contribution in [-0.2, 0) is 14.8 Å². The molecule has 0 aromatic carbocycles. The van der Waals surface area contributed by atoms with Crippen molar-refractivity contribution in [3.8, 4) is 0 Å². The van der Waals surface area contributed by atoms with Crippen LogP contribution in [-0.4, -0.2) is 78.5 Å². The van der Waals surface area contributed by atoms with E-state index in [0.29, 0.717) is 6.61 Å². The van der Waals surface area contributed by atoms with Gasteiger partial charge in [0.05, 0.1) is 17.7 Å². The minimum Gasteiger partial charge on any atom is -0.378 e. The van der Waals surface area contributed by atoms with E-state index in [1.165, 1.54) is 10.6 Å².